The topological polar surface area (TPSA) is 45.3 Å². The van der Waals surface area contributed by atoms with Crippen molar-refractivity contribution in [2.75, 3.05) is 13.7 Å². The van der Waals surface area contributed by atoms with Gasteiger partial charge in [0.2, 0.25) is 0 Å². The number of nitrogens with one attached hydrogen (secondary N) is 1. The summed E-state index contributed by atoms with van der Waals surface area (Å²) in [6.45, 7) is 2.45. The molecule has 1 aliphatic heterocycles. The summed E-state index contributed by atoms with van der Waals surface area (Å²) in [7, 11) is 0.982. The van der Waals surface area contributed by atoms with Gasteiger partial charge in [-0.1, -0.05) is 125 Å². The molecular formula is C38H51F3N2O2. The van der Waals surface area contributed by atoms with Gasteiger partial charge in [0.15, 0.2) is 0 Å². The molecule has 0 saturated heterocycles. The van der Waals surface area contributed by atoms with E-state index < -0.39 is 23.7 Å². The summed E-state index contributed by atoms with van der Waals surface area (Å²) < 4.78 is 49.8. The van der Waals surface area contributed by atoms with Gasteiger partial charge in [-0.15, -0.1) is 0 Å². The molecule has 2 heterocycles. The van der Waals surface area contributed by atoms with Crippen LogP contribution in [-0.4, -0.2) is 35.6 Å². The van der Waals surface area contributed by atoms with E-state index in [9.17, 15) is 18.0 Å². The minimum Gasteiger partial charge on any atom is -0.356 e. The quantitative estimate of drug-likeness (QED) is 0.113. The molecule has 0 spiro atoms. The molecule has 3 aromatic rings. The average Bonchev–Trinajstić information content (AvgIpc) is 3.42. The number of hydrogen-bond donors (Lipinski definition) is 1. The number of benzene rings is 2. The van der Waals surface area contributed by atoms with E-state index in [0.29, 0.717) is 12.8 Å². The molecule has 0 unspecified atom stereocenters. The van der Waals surface area contributed by atoms with E-state index >= 15 is 0 Å². The molecular weight excluding hydrogens is 573 g/mol. The molecule has 0 fully saturated rings. The lowest BCUT2D eigenvalue weighted by Gasteiger charge is -2.43. The molecule has 2 atom stereocenters. The lowest BCUT2D eigenvalue weighted by Crippen LogP contribution is -2.58. The number of para-hydroxylation sites is 1. The molecule has 0 radical (unpaired) electrons. The lowest BCUT2D eigenvalue weighted by atomic mass is 9.87. The van der Waals surface area contributed by atoms with Crippen LogP contribution in [-0.2, 0) is 21.6 Å². The molecule has 1 aromatic heterocycles. The van der Waals surface area contributed by atoms with Gasteiger partial charge in [-0.05, 0) is 50.2 Å². The van der Waals surface area contributed by atoms with Gasteiger partial charge in [0.1, 0.15) is 0 Å². The van der Waals surface area contributed by atoms with Crippen LogP contribution in [0.5, 0.6) is 0 Å². The number of alkyl halides is 3. The van der Waals surface area contributed by atoms with Crippen LogP contribution in [0.4, 0.5) is 13.2 Å². The number of fused-ring (bicyclic) bond motifs is 3. The molecule has 4 nitrogen and oxygen atoms in total. The molecule has 4 rings (SSSR count). The summed E-state index contributed by atoms with van der Waals surface area (Å²) in [5.41, 5.74) is -0.373. The van der Waals surface area contributed by atoms with Gasteiger partial charge in [-0.25, -0.2) is 0 Å². The van der Waals surface area contributed by atoms with Crippen molar-refractivity contribution < 1.29 is 22.7 Å². The fourth-order valence-corrected chi connectivity index (χ4v) is 6.87. The van der Waals surface area contributed by atoms with Crippen molar-refractivity contribution in [2.45, 2.75) is 121 Å². The van der Waals surface area contributed by atoms with Gasteiger partial charge in [-0.2, -0.15) is 13.2 Å². The van der Waals surface area contributed by atoms with Crippen LogP contribution in [0.1, 0.15) is 120 Å². The highest BCUT2D eigenvalue weighted by Gasteiger charge is 2.64. The average molecular weight is 625 g/mol. The minimum absolute atomic E-state index is 0.202. The maximum Gasteiger partial charge on any atom is 0.430 e. The summed E-state index contributed by atoms with van der Waals surface area (Å²) >= 11 is 0. The Balaban J connectivity index is 1.39. The molecule has 0 bridgehead atoms. The number of aromatic nitrogens is 1. The van der Waals surface area contributed by atoms with Crippen molar-refractivity contribution in [1.82, 2.24) is 9.88 Å². The molecule has 1 N–H and O–H groups in total. The summed E-state index contributed by atoms with van der Waals surface area (Å²) in [6, 6.07) is 14.8. The SMILES string of the molecule is CCCCCCCC/C=C\CCCCCCC[C@@H]1c2[nH]c3ccccc3c2CCN1C(=O)[C@](OC)(c1ccccc1)C(F)(F)F. The van der Waals surface area contributed by atoms with Crippen LogP contribution < -0.4 is 0 Å². The van der Waals surface area contributed by atoms with Crippen molar-refractivity contribution in [2.24, 2.45) is 0 Å². The molecule has 45 heavy (non-hydrogen) atoms. The Bertz CT molecular complexity index is 1350. The molecule has 7 heteroatoms. The number of unbranched alkanes of at least 4 members (excludes halogenated alkanes) is 11. The number of carbonyl (C=O) groups is 1. The number of nitrogens with zero attached hydrogens (tertiary/aromatic N) is 1. The zero-order valence-electron chi connectivity index (χ0n) is 27.1. The number of halogens is 3. The third-order valence-corrected chi connectivity index (χ3v) is 9.35. The van der Waals surface area contributed by atoms with E-state index in [0.717, 1.165) is 67.8 Å². The van der Waals surface area contributed by atoms with Crippen LogP contribution in [0.15, 0.2) is 66.7 Å². The fourth-order valence-electron chi connectivity index (χ4n) is 6.87. The summed E-state index contributed by atoms with van der Waals surface area (Å²) in [5.74, 6) is -1.05. The van der Waals surface area contributed by atoms with Crippen molar-refractivity contribution in [3.8, 4) is 0 Å². The first-order valence-corrected chi connectivity index (χ1v) is 17.1. The monoisotopic (exact) mass is 624 g/mol. The predicted molar refractivity (Wildman–Crippen MR) is 177 cm³/mol. The Morgan fingerprint density at radius 3 is 2.11 bits per heavy atom. The van der Waals surface area contributed by atoms with Gasteiger partial charge in [0.25, 0.3) is 11.5 Å². The van der Waals surface area contributed by atoms with E-state index in [4.69, 9.17) is 4.74 Å². The standard InChI is InChI=1S/C38H51F3N2O2/c1-3-4-5-6-7-8-9-10-11-12-13-14-15-16-20-27-34-35-32(31-25-21-22-26-33(31)42-35)28-29-43(34)36(44)37(45-2,38(39,40)41)30-23-18-17-19-24-30/h10-11,17-19,21-26,34,42H,3-9,12-16,20,27-29H2,1-2H3/b11-10-/t34-,37-/m1/s1. The molecule has 0 aliphatic carbocycles. The highest BCUT2D eigenvalue weighted by atomic mass is 19.4. The Hall–Kier alpha value is -3.06. The number of methoxy groups -OCH3 is 1. The number of amides is 1. The Morgan fingerprint density at radius 2 is 1.47 bits per heavy atom. The maximum absolute atomic E-state index is 14.9. The molecule has 1 aliphatic rings. The first kappa shape index (κ1) is 34.8. The van der Waals surface area contributed by atoms with Crippen molar-refractivity contribution >= 4 is 16.8 Å². The van der Waals surface area contributed by atoms with E-state index in [1.54, 1.807) is 6.07 Å². The lowest BCUT2D eigenvalue weighted by molar-refractivity contribution is -0.271. The zero-order valence-corrected chi connectivity index (χ0v) is 27.1. The zero-order chi connectivity index (χ0) is 32.1. The summed E-state index contributed by atoms with van der Waals surface area (Å²) in [4.78, 5) is 19.1. The van der Waals surface area contributed by atoms with Crippen LogP contribution in [0.25, 0.3) is 10.9 Å². The number of H-pyrrole nitrogens is 1. The van der Waals surface area contributed by atoms with Crippen LogP contribution >= 0.6 is 0 Å². The van der Waals surface area contributed by atoms with E-state index in [2.05, 4.69) is 24.1 Å². The number of aromatic amines is 1. The van der Waals surface area contributed by atoms with Crippen LogP contribution in [0.2, 0.25) is 0 Å². The second kappa shape index (κ2) is 17.0. The highest BCUT2D eigenvalue weighted by molar-refractivity contribution is 5.90. The third-order valence-electron chi connectivity index (χ3n) is 9.35. The summed E-state index contributed by atoms with van der Waals surface area (Å²) in [6.07, 6.45) is 16.1. The Labute approximate surface area is 267 Å². The largest absolute Gasteiger partial charge is 0.430 e. The van der Waals surface area contributed by atoms with Crippen LogP contribution in [0.3, 0.4) is 0 Å². The summed E-state index contributed by atoms with van der Waals surface area (Å²) in [5, 5.41) is 1.08. The predicted octanol–water partition coefficient (Wildman–Crippen LogP) is 10.7. The van der Waals surface area contributed by atoms with Gasteiger partial charge in [0.05, 0.1) is 6.04 Å². The molecule has 2 aromatic carbocycles. The highest BCUT2D eigenvalue weighted by Crippen LogP contribution is 2.46. The molecule has 246 valence electrons. The van der Waals surface area contributed by atoms with E-state index in [1.807, 2.05) is 24.3 Å². The van der Waals surface area contributed by atoms with E-state index in [1.165, 1.54) is 74.1 Å². The fraction of sp³-hybridized carbons (Fsp3) is 0.553. The smallest absolute Gasteiger partial charge is 0.356 e. The first-order chi connectivity index (χ1) is 21.8. The number of carbonyl (C=O) groups excluding carboxylic acids is 1. The second-order valence-corrected chi connectivity index (χ2v) is 12.4. The van der Waals surface area contributed by atoms with Gasteiger partial charge >= 0.3 is 6.18 Å². The first-order valence-electron chi connectivity index (χ1n) is 17.1. The van der Waals surface area contributed by atoms with Gasteiger partial charge < -0.3 is 14.6 Å². The minimum atomic E-state index is -4.94. The van der Waals surface area contributed by atoms with Gasteiger partial charge in [-0.3, -0.25) is 4.79 Å². The Morgan fingerprint density at radius 1 is 0.867 bits per heavy atom. The van der Waals surface area contributed by atoms with Crippen molar-refractivity contribution in [1.29, 1.82) is 0 Å². The maximum atomic E-state index is 14.9. The number of allylic oxidation sites excluding steroid dienone is 2. The van der Waals surface area contributed by atoms with Crippen molar-refractivity contribution in [3.05, 3.63) is 83.6 Å². The number of ether oxygens (including phenoxy) is 1. The Kier molecular flexibility index (Phi) is 13.2. The van der Waals surface area contributed by atoms with Crippen molar-refractivity contribution in [3.63, 3.8) is 0 Å². The van der Waals surface area contributed by atoms with Crippen LogP contribution in [0, 0.1) is 0 Å². The normalized spacial score (nSPS) is 16.7. The molecule has 0 saturated carbocycles. The van der Waals surface area contributed by atoms with Gasteiger partial charge in [0, 0.05) is 35.8 Å². The third kappa shape index (κ3) is 8.41. The number of rotatable bonds is 18. The van der Waals surface area contributed by atoms with E-state index in [-0.39, 0.29) is 12.1 Å². The second-order valence-electron chi connectivity index (χ2n) is 12.4. The molecule has 1 amide bonds. The number of hydrogen-bond acceptors (Lipinski definition) is 2.